The lowest BCUT2D eigenvalue weighted by molar-refractivity contribution is 0.740. The van der Waals surface area contributed by atoms with E-state index in [2.05, 4.69) is 37.3 Å². The minimum Gasteiger partial charge on any atom is -0.200 e. The van der Waals surface area contributed by atoms with Crippen molar-refractivity contribution in [3.05, 3.63) is 29.5 Å². The van der Waals surface area contributed by atoms with E-state index in [1.54, 1.807) is 11.5 Å². The molecule has 0 aliphatic rings. The number of fused-ring (bicyclic) bond motifs is 1. The van der Waals surface area contributed by atoms with Crippen molar-refractivity contribution in [3.63, 3.8) is 0 Å². The zero-order valence-corrected chi connectivity index (χ0v) is 11.1. The van der Waals surface area contributed by atoms with Crippen molar-refractivity contribution in [3.8, 4) is 0 Å². The lowest BCUT2D eigenvalue weighted by Crippen LogP contribution is -1.93. The maximum absolute atomic E-state index is 4.36. The Balaban J connectivity index is 2.54. The lowest BCUT2D eigenvalue weighted by Gasteiger charge is -2.11. The Morgan fingerprint density at radius 3 is 2.81 bits per heavy atom. The summed E-state index contributed by atoms with van der Waals surface area (Å²) in [5.41, 5.74) is 2.93. The second kappa shape index (κ2) is 4.96. The number of aryl methyl sites for hydroxylation is 1. The Morgan fingerprint density at radius 1 is 1.31 bits per heavy atom. The summed E-state index contributed by atoms with van der Waals surface area (Å²) in [4.78, 5) is 0. The van der Waals surface area contributed by atoms with Crippen LogP contribution < -0.4 is 0 Å². The smallest absolute Gasteiger partial charge is 0.0587 e. The molecule has 0 radical (unpaired) electrons. The molecule has 0 amide bonds. The molecular weight excluding hydrogens is 214 g/mol. The standard InChI is InChI=1S/C14H19NS/c1-4-6-11-7-8-12(10(3)5-2)14-13(11)9-15-16-14/h7-10H,4-6H2,1-3H3. The molecule has 0 saturated carbocycles. The minimum absolute atomic E-state index is 0.638. The van der Waals surface area contributed by atoms with Gasteiger partial charge in [0.1, 0.15) is 0 Å². The second-order valence-corrected chi connectivity index (χ2v) is 5.24. The van der Waals surface area contributed by atoms with Crippen LogP contribution in [-0.4, -0.2) is 4.37 Å². The molecule has 1 nitrogen and oxygen atoms in total. The van der Waals surface area contributed by atoms with E-state index in [4.69, 9.17) is 0 Å². The van der Waals surface area contributed by atoms with Crippen LogP contribution in [0.4, 0.5) is 0 Å². The Bertz CT molecular complexity index is 473. The topological polar surface area (TPSA) is 12.9 Å². The SMILES string of the molecule is CCCc1ccc(C(C)CC)c2sncc12. The molecule has 2 rings (SSSR count). The minimum atomic E-state index is 0.638. The van der Waals surface area contributed by atoms with Gasteiger partial charge in [0, 0.05) is 11.6 Å². The first-order valence-corrected chi connectivity index (χ1v) is 6.91. The Morgan fingerprint density at radius 2 is 2.12 bits per heavy atom. The van der Waals surface area contributed by atoms with Crippen LogP contribution in [0.15, 0.2) is 18.3 Å². The van der Waals surface area contributed by atoms with Gasteiger partial charge in [0.2, 0.25) is 0 Å². The molecule has 0 N–H and O–H groups in total. The zero-order valence-electron chi connectivity index (χ0n) is 10.3. The zero-order chi connectivity index (χ0) is 11.5. The van der Waals surface area contributed by atoms with Gasteiger partial charge in [-0.25, -0.2) is 0 Å². The maximum atomic E-state index is 4.36. The highest BCUT2D eigenvalue weighted by Crippen LogP contribution is 2.32. The number of hydrogen-bond donors (Lipinski definition) is 0. The highest BCUT2D eigenvalue weighted by Gasteiger charge is 2.11. The highest BCUT2D eigenvalue weighted by molar-refractivity contribution is 7.13. The van der Waals surface area contributed by atoms with Gasteiger partial charge in [-0.05, 0) is 41.4 Å². The average molecular weight is 233 g/mol. The van der Waals surface area contributed by atoms with E-state index in [1.165, 1.54) is 34.1 Å². The largest absolute Gasteiger partial charge is 0.200 e. The second-order valence-electron chi connectivity index (χ2n) is 4.44. The summed E-state index contributed by atoms with van der Waals surface area (Å²) >= 11 is 1.65. The molecule has 0 aliphatic heterocycles. The third-order valence-corrected chi connectivity index (χ3v) is 4.15. The summed E-state index contributed by atoms with van der Waals surface area (Å²) < 4.78 is 5.77. The quantitative estimate of drug-likeness (QED) is 0.741. The average Bonchev–Trinajstić information content (AvgIpc) is 2.78. The fourth-order valence-corrected chi connectivity index (χ4v) is 3.05. The fourth-order valence-electron chi connectivity index (χ4n) is 2.13. The summed E-state index contributed by atoms with van der Waals surface area (Å²) in [6, 6.07) is 4.60. The first-order valence-electron chi connectivity index (χ1n) is 6.14. The van der Waals surface area contributed by atoms with Crippen LogP contribution in [0.1, 0.15) is 50.7 Å². The molecule has 0 saturated heterocycles. The molecule has 2 aromatic rings. The van der Waals surface area contributed by atoms with Gasteiger partial charge in [0.15, 0.2) is 0 Å². The van der Waals surface area contributed by atoms with E-state index in [9.17, 15) is 0 Å². The van der Waals surface area contributed by atoms with Gasteiger partial charge in [-0.2, -0.15) is 4.37 Å². The van der Waals surface area contributed by atoms with E-state index >= 15 is 0 Å². The molecular formula is C14H19NS. The van der Waals surface area contributed by atoms with Gasteiger partial charge >= 0.3 is 0 Å². The summed E-state index contributed by atoms with van der Waals surface area (Å²) in [7, 11) is 0. The number of hydrogen-bond acceptors (Lipinski definition) is 2. The van der Waals surface area contributed by atoms with E-state index < -0.39 is 0 Å². The lowest BCUT2D eigenvalue weighted by atomic mass is 9.95. The monoisotopic (exact) mass is 233 g/mol. The number of nitrogens with zero attached hydrogens (tertiary/aromatic N) is 1. The van der Waals surface area contributed by atoms with Crippen LogP contribution in [0.5, 0.6) is 0 Å². The van der Waals surface area contributed by atoms with Crippen molar-refractivity contribution in [1.29, 1.82) is 0 Å². The van der Waals surface area contributed by atoms with E-state index in [0.29, 0.717) is 5.92 Å². The first kappa shape index (κ1) is 11.6. The van der Waals surface area contributed by atoms with Gasteiger partial charge in [-0.1, -0.05) is 39.3 Å². The van der Waals surface area contributed by atoms with Gasteiger partial charge in [-0.15, -0.1) is 0 Å². The third kappa shape index (κ3) is 1.99. The molecule has 1 aromatic carbocycles. The van der Waals surface area contributed by atoms with E-state index in [0.717, 1.165) is 6.42 Å². The maximum Gasteiger partial charge on any atom is 0.0587 e. The van der Waals surface area contributed by atoms with E-state index in [-0.39, 0.29) is 0 Å². The molecule has 2 heteroatoms. The van der Waals surface area contributed by atoms with Crippen molar-refractivity contribution >= 4 is 21.6 Å². The third-order valence-electron chi connectivity index (χ3n) is 3.31. The van der Waals surface area contributed by atoms with Gasteiger partial charge in [0.25, 0.3) is 0 Å². The Hall–Kier alpha value is -0.890. The molecule has 1 heterocycles. The summed E-state index contributed by atoms with van der Waals surface area (Å²) in [5, 5.41) is 1.38. The summed E-state index contributed by atoms with van der Waals surface area (Å²) in [5.74, 6) is 0.638. The van der Waals surface area contributed by atoms with Crippen LogP contribution in [0.2, 0.25) is 0 Å². The predicted molar refractivity (Wildman–Crippen MR) is 72.3 cm³/mol. The molecule has 0 bridgehead atoms. The van der Waals surface area contributed by atoms with Crippen LogP contribution in [-0.2, 0) is 6.42 Å². The molecule has 16 heavy (non-hydrogen) atoms. The number of benzene rings is 1. The van der Waals surface area contributed by atoms with Gasteiger partial charge in [-0.3, -0.25) is 0 Å². The fraction of sp³-hybridized carbons (Fsp3) is 0.500. The predicted octanol–water partition coefficient (Wildman–Crippen LogP) is 4.76. The summed E-state index contributed by atoms with van der Waals surface area (Å²) in [6.07, 6.45) is 5.60. The van der Waals surface area contributed by atoms with Gasteiger partial charge < -0.3 is 0 Å². The van der Waals surface area contributed by atoms with Crippen molar-refractivity contribution < 1.29 is 0 Å². The Labute approximate surface area is 102 Å². The van der Waals surface area contributed by atoms with Crippen LogP contribution in [0.3, 0.4) is 0 Å². The van der Waals surface area contributed by atoms with Crippen molar-refractivity contribution in [1.82, 2.24) is 4.37 Å². The van der Waals surface area contributed by atoms with Crippen molar-refractivity contribution in [2.75, 3.05) is 0 Å². The van der Waals surface area contributed by atoms with Gasteiger partial charge in [0.05, 0.1) is 4.70 Å². The molecule has 1 unspecified atom stereocenters. The molecule has 1 atom stereocenters. The Kier molecular flexibility index (Phi) is 3.59. The number of rotatable bonds is 4. The van der Waals surface area contributed by atoms with Crippen LogP contribution >= 0.6 is 11.5 Å². The number of aromatic nitrogens is 1. The van der Waals surface area contributed by atoms with Crippen LogP contribution in [0, 0.1) is 0 Å². The normalized spacial score (nSPS) is 13.2. The summed E-state index contributed by atoms with van der Waals surface area (Å²) in [6.45, 7) is 6.78. The molecule has 0 aliphatic carbocycles. The van der Waals surface area contributed by atoms with Crippen LogP contribution in [0.25, 0.3) is 10.1 Å². The van der Waals surface area contributed by atoms with E-state index in [1.807, 2.05) is 6.20 Å². The van der Waals surface area contributed by atoms with Crippen molar-refractivity contribution in [2.24, 2.45) is 0 Å². The molecule has 0 fully saturated rings. The first-order chi connectivity index (χ1) is 7.77. The molecule has 0 spiro atoms. The highest BCUT2D eigenvalue weighted by atomic mass is 32.1. The van der Waals surface area contributed by atoms with Crippen molar-refractivity contribution in [2.45, 2.75) is 46.0 Å². The molecule has 86 valence electrons. The molecule has 1 aromatic heterocycles.